The highest BCUT2D eigenvalue weighted by Gasteiger charge is 2.21. The number of piperidine rings is 1. The molecule has 0 aliphatic carbocycles. The molecule has 0 spiro atoms. The standard InChI is InChI=1S/C12H24N2O3/c1-13(2)12(16)10-14-6-4-11(5-7-14)17-9-3-8-15/h11,15H,3-10H2,1-2H3. The first kappa shape index (κ1) is 14.4. The van der Waals surface area contributed by atoms with E-state index in [4.69, 9.17) is 9.84 Å². The lowest BCUT2D eigenvalue weighted by atomic mass is 10.1. The molecule has 0 aromatic heterocycles. The summed E-state index contributed by atoms with van der Waals surface area (Å²) in [4.78, 5) is 15.3. The first-order valence-corrected chi connectivity index (χ1v) is 6.28. The van der Waals surface area contributed by atoms with Gasteiger partial charge in [-0.3, -0.25) is 9.69 Å². The second-order valence-corrected chi connectivity index (χ2v) is 4.71. The van der Waals surface area contributed by atoms with Crippen molar-refractivity contribution in [3.05, 3.63) is 0 Å². The van der Waals surface area contributed by atoms with Gasteiger partial charge in [-0.1, -0.05) is 0 Å². The number of likely N-dealkylation sites (N-methyl/N-ethyl adjacent to an activating group) is 1. The molecule has 17 heavy (non-hydrogen) atoms. The number of amides is 1. The summed E-state index contributed by atoms with van der Waals surface area (Å²) in [7, 11) is 3.57. The molecule has 1 saturated heterocycles. The first-order valence-electron chi connectivity index (χ1n) is 6.28. The lowest BCUT2D eigenvalue weighted by Gasteiger charge is -2.31. The van der Waals surface area contributed by atoms with Crippen LogP contribution in [0.2, 0.25) is 0 Å². The molecule has 0 aromatic carbocycles. The fourth-order valence-corrected chi connectivity index (χ4v) is 1.88. The number of nitrogens with zero attached hydrogens (tertiary/aromatic N) is 2. The van der Waals surface area contributed by atoms with E-state index in [0.29, 0.717) is 25.7 Å². The van der Waals surface area contributed by atoms with Crippen LogP contribution in [0, 0.1) is 0 Å². The lowest BCUT2D eigenvalue weighted by Crippen LogP contribution is -2.42. The maximum atomic E-state index is 11.5. The lowest BCUT2D eigenvalue weighted by molar-refractivity contribution is -0.130. The highest BCUT2D eigenvalue weighted by molar-refractivity contribution is 5.77. The van der Waals surface area contributed by atoms with Gasteiger partial charge in [-0.2, -0.15) is 0 Å². The minimum absolute atomic E-state index is 0.157. The van der Waals surface area contributed by atoms with Gasteiger partial charge in [-0.15, -0.1) is 0 Å². The maximum absolute atomic E-state index is 11.5. The molecular formula is C12H24N2O3. The van der Waals surface area contributed by atoms with Gasteiger partial charge in [-0.05, 0) is 19.3 Å². The van der Waals surface area contributed by atoms with Gasteiger partial charge in [0.15, 0.2) is 0 Å². The Hall–Kier alpha value is -0.650. The highest BCUT2D eigenvalue weighted by Crippen LogP contribution is 2.13. The smallest absolute Gasteiger partial charge is 0.236 e. The van der Waals surface area contributed by atoms with Crippen LogP contribution in [0.25, 0.3) is 0 Å². The van der Waals surface area contributed by atoms with Crippen molar-refractivity contribution in [1.29, 1.82) is 0 Å². The van der Waals surface area contributed by atoms with Crippen LogP contribution < -0.4 is 0 Å². The van der Waals surface area contributed by atoms with Gasteiger partial charge < -0.3 is 14.7 Å². The van der Waals surface area contributed by atoms with E-state index < -0.39 is 0 Å². The third-order valence-corrected chi connectivity index (χ3v) is 3.05. The van der Waals surface area contributed by atoms with Crippen LogP contribution in [0.15, 0.2) is 0 Å². The fourth-order valence-electron chi connectivity index (χ4n) is 1.88. The molecule has 1 rings (SSSR count). The Morgan fingerprint density at radius 1 is 1.41 bits per heavy atom. The van der Waals surface area contributed by atoms with Crippen molar-refractivity contribution in [2.45, 2.75) is 25.4 Å². The zero-order chi connectivity index (χ0) is 12.7. The molecule has 1 fully saturated rings. The molecule has 1 amide bonds. The molecule has 1 heterocycles. The normalized spacial score (nSPS) is 18.3. The van der Waals surface area contributed by atoms with Crippen molar-refractivity contribution < 1.29 is 14.6 Å². The summed E-state index contributed by atoms with van der Waals surface area (Å²) in [6, 6.07) is 0. The summed E-state index contributed by atoms with van der Waals surface area (Å²) in [5.41, 5.74) is 0. The van der Waals surface area contributed by atoms with E-state index in [1.807, 2.05) is 0 Å². The van der Waals surface area contributed by atoms with Crippen LogP contribution in [0.4, 0.5) is 0 Å². The highest BCUT2D eigenvalue weighted by atomic mass is 16.5. The summed E-state index contributed by atoms with van der Waals surface area (Å²) in [6.45, 7) is 3.18. The van der Waals surface area contributed by atoms with Crippen LogP contribution in [-0.2, 0) is 9.53 Å². The van der Waals surface area contributed by atoms with E-state index in [2.05, 4.69) is 4.90 Å². The van der Waals surface area contributed by atoms with Gasteiger partial charge in [0.05, 0.1) is 12.6 Å². The van der Waals surface area contributed by atoms with Gasteiger partial charge >= 0.3 is 0 Å². The number of likely N-dealkylation sites (tertiary alicyclic amines) is 1. The number of aliphatic hydroxyl groups excluding tert-OH is 1. The van der Waals surface area contributed by atoms with E-state index >= 15 is 0 Å². The van der Waals surface area contributed by atoms with Crippen LogP contribution in [0.1, 0.15) is 19.3 Å². The zero-order valence-electron chi connectivity index (χ0n) is 10.9. The molecule has 100 valence electrons. The summed E-state index contributed by atoms with van der Waals surface area (Å²) in [5.74, 6) is 0.157. The SMILES string of the molecule is CN(C)C(=O)CN1CCC(OCCCO)CC1. The number of ether oxygens (including phenoxy) is 1. The zero-order valence-corrected chi connectivity index (χ0v) is 10.9. The van der Waals surface area contributed by atoms with Gasteiger partial charge in [0.25, 0.3) is 0 Å². The number of carbonyl (C=O) groups is 1. The summed E-state index contributed by atoms with van der Waals surface area (Å²) < 4.78 is 5.64. The van der Waals surface area contributed by atoms with Gasteiger partial charge in [0, 0.05) is 40.4 Å². The van der Waals surface area contributed by atoms with Crippen molar-refractivity contribution in [3.63, 3.8) is 0 Å². The number of hydrogen-bond acceptors (Lipinski definition) is 4. The van der Waals surface area contributed by atoms with E-state index in [-0.39, 0.29) is 12.5 Å². The predicted octanol–water partition coefficient (Wildman–Crippen LogP) is -0.0620. The van der Waals surface area contributed by atoms with Crippen LogP contribution in [-0.4, -0.2) is 73.9 Å². The van der Waals surface area contributed by atoms with Crippen LogP contribution >= 0.6 is 0 Å². The molecular weight excluding hydrogens is 220 g/mol. The average Bonchev–Trinajstić information content (AvgIpc) is 2.31. The van der Waals surface area contributed by atoms with Crippen molar-refractivity contribution in [1.82, 2.24) is 9.80 Å². The molecule has 1 N–H and O–H groups in total. The summed E-state index contributed by atoms with van der Waals surface area (Å²) in [5, 5.41) is 8.66. The molecule has 5 nitrogen and oxygen atoms in total. The number of carbonyl (C=O) groups excluding carboxylic acids is 1. The third kappa shape index (κ3) is 5.48. The summed E-state index contributed by atoms with van der Waals surface area (Å²) >= 11 is 0. The molecule has 0 aromatic rings. The topological polar surface area (TPSA) is 53.0 Å². The van der Waals surface area contributed by atoms with E-state index in [9.17, 15) is 4.79 Å². The Bertz CT molecular complexity index is 226. The number of aliphatic hydroxyl groups is 1. The van der Waals surface area contributed by atoms with Crippen molar-refractivity contribution >= 4 is 5.91 Å². The van der Waals surface area contributed by atoms with E-state index in [1.165, 1.54) is 0 Å². The van der Waals surface area contributed by atoms with Crippen LogP contribution in [0.5, 0.6) is 0 Å². The minimum atomic E-state index is 0.157. The van der Waals surface area contributed by atoms with Crippen molar-refractivity contribution in [2.24, 2.45) is 0 Å². The Morgan fingerprint density at radius 2 is 2.06 bits per heavy atom. The molecule has 0 radical (unpaired) electrons. The quantitative estimate of drug-likeness (QED) is 0.665. The second kappa shape index (κ2) is 7.63. The van der Waals surface area contributed by atoms with E-state index in [0.717, 1.165) is 25.9 Å². The molecule has 0 atom stereocenters. The molecule has 5 heteroatoms. The monoisotopic (exact) mass is 244 g/mol. The Morgan fingerprint density at radius 3 is 2.59 bits per heavy atom. The predicted molar refractivity (Wildman–Crippen MR) is 65.8 cm³/mol. The van der Waals surface area contributed by atoms with E-state index in [1.54, 1.807) is 19.0 Å². The first-order chi connectivity index (χ1) is 8.13. The molecule has 1 aliphatic rings. The Kier molecular flexibility index (Phi) is 6.47. The minimum Gasteiger partial charge on any atom is -0.396 e. The average molecular weight is 244 g/mol. The summed E-state index contributed by atoms with van der Waals surface area (Å²) in [6.07, 6.45) is 2.96. The maximum Gasteiger partial charge on any atom is 0.236 e. The fraction of sp³-hybridized carbons (Fsp3) is 0.917. The largest absolute Gasteiger partial charge is 0.396 e. The number of hydrogen-bond donors (Lipinski definition) is 1. The molecule has 0 unspecified atom stereocenters. The number of rotatable bonds is 6. The van der Waals surface area contributed by atoms with Gasteiger partial charge in [0.1, 0.15) is 0 Å². The molecule has 1 aliphatic heterocycles. The second-order valence-electron chi connectivity index (χ2n) is 4.71. The van der Waals surface area contributed by atoms with Crippen molar-refractivity contribution in [2.75, 3.05) is 46.9 Å². The van der Waals surface area contributed by atoms with Gasteiger partial charge in [-0.25, -0.2) is 0 Å². The Balaban J connectivity index is 2.15. The molecule has 0 bridgehead atoms. The molecule has 0 saturated carbocycles. The van der Waals surface area contributed by atoms with Crippen molar-refractivity contribution in [3.8, 4) is 0 Å². The third-order valence-electron chi connectivity index (χ3n) is 3.05. The van der Waals surface area contributed by atoms with Gasteiger partial charge in [0.2, 0.25) is 5.91 Å². The van der Waals surface area contributed by atoms with Crippen LogP contribution in [0.3, 0.4) is 0 Å². The Labute approximate surface area is 103 Å².